The molecule has 14 heavy (non-hydrogen) atoms. The summed E-state index contributed by atoms with van der Waals surface area (Å²) < 4.78 is 17.9. The van der Waals surface area contributed by atoms with E-state index >= 15 is 0 Å². The molecule has 0 fully saturated rings. The number of methoxy groups -OCH3 is 1. The van der Waals surface area contributed by atoms with E-state index in [1.807, 2.05) is 6.07 Å². The number of halogens is 1. The summed E-state index contributed by atoms with van der Waals surface area (Å²) in [5, 5.41) is 6.61. The third kappa shape index (κ3) is 1.46. The summed E-state index contributed by atoms with van der Waals surface area (Å²) in [6.45, 7) is 0. The van der Waals surface area contributed by atoms with Crippen molar-refractivity contribution in [1.82, 2.24) is 10.2 Å². The molecule has 0 aliphatic rings. The van der Waals surface area contributed by atoms with Crippen molar-refractivity contribution in [2.24, 2.45) is 0 Å². The van der Waals surface area contributed by atoms with Gasteiger partial charge in [0.25, 0.3) is 0 Å². The van der Waals surface area contributed by atoms with Crippen LogP contribution in [0.1, 0.15) is 0 Å². The van der Waals surface area contributed by atoms with Gasteiger partial charge in [-0.15, -0.1) is 0 Å². The molecule has 0 atom stereocenters. The van der Waals surface area contributed by atoms with E-state index in [0.717, 1.165) is 11.3 Å². The Balaban J connectivity index is 2.46. The lowest BCUT2D eigenvalue weighted by Gasteiger charge is -2.03. The predicted molar refractivity (Wildman–Crippen MR) is 50.5 cm³/mol. The van der Waals surface area contributed by atoms with Crippen LogP contribution in [0.4, 0.5) is 4.39 Å². The third-order valence-electron chi connectivity index (χ3n) is 1.96. The Kier molecular flexibility index (Phi) is 2.18. The van der Waals surface area contributed by atoms with Gasteiger partial charge in [0.1, 0.15) is 0 Å². The van der Waals surface area contributed by atoms with Gasteiger partial charge >= 0.3 is 0 Å². The van der Waals surface area contributed by atoms with Crippen LogP contribution >= 0.6 is 0 Å². The van der Waals surface area contributed by atoms with E-state index in [-0.39, 0.29) is 11.6 Å². The van der Waals surface area contributed by atoms with Crippen LogP contribution in [0, 0.1) is 5.82 Å². The molecule has 0 saturated carbocycles. The van der Waals surface area contributed by atoms with Gasteiger partial charge in [-0.25, -0.2) is 4.39 Å². The number of aromatic nitrogens is 2. The topological polar surface area (TPSA) is 37.9 Å². The number of H-pyrrole nitrogens is 1. The Hall–Kier alpha value is -1.84. The molecule has 0 spiro atoms. The summed E-state index contributed by atoms with van der Waals surface area (Å²) in [4.78, 5) is 0. The molecular formula is C10H9FN2O. The smallest absolute Gasteiger partial charge is 0.165 e. The van der Waals surface area contributed by atoms with E-state index in [2.05, 4.69) is 10.2 Å². The molecule has 0 amide bonds. The molecule has 72 valence electrons. The molecule has 1 N–H and O–H groups in total. The average Bonchev–Trinajstić information content (AvgIpc) is 2.71. The molecule has 4 heteroatoms. The van der Waals surface area contributed by atoms with Crippen LogP contribution in [0.15, 0.2) is 30.5 Å². The van der Waals surface area contributed by atoms with Gasteiger partial charge in [0.15, 0.2) is 11.6 Å². The standard InChI is InChI=1S/C10H9FN2O/c1-14-10-6-7(2-3-8(10)11)9-4-5-12-13-9/h2-6H,1H3,(H,12,13). The first kappa shape index (κ1) is 8.74. The maximum atomic E-state index is 13.1. The Bertz CT molecular complexity index is 426. The average molecular weight is 192 g/mol. The highest BCUT2D eigenvalue weighted by Gasteiger charge is 2.05. The van der Waals surface area contributed by atoms with Gasteiger partial charge in [-0.3, -0.25) is 5.10 Å². The van der Waals surface area contributed by atoms with Crippen molar-refractivity contribution in [2.45, 2.75) is 0 Å². The maximum absolute atomic E-state index is 13.1. The molecular weight excluding hydrogens is 183 g/mol. The lowest BCUT2D eigenvalue weighted by Crippen LogP contribution is -1.88. The quantitative estimate of drug-likeness (QED) is 0.792. The largest absolute Gasteiger partial charge is 0.494 e. The zero-order valence-electron chi connectivity index (χ0n) is 7.62. The van der Waals surface area contributed by atoms with Gasteiger partial charge in [0.2, 0.25) is 0 Å². The highest BCUT2D eigenvalue weighted by atomic mass is 19.1. The van der Waals surface area contributed by atoms with Crippen LogP contribution < -0.4 is 4.74 Å². The number of aromatic amines is 1. The van der Waals surface area contributed by atoms with Gasteiger partial charge in [-0.2, -0.15) is 5.10 Å². The van der Waals surface area contributed by atoms with Gasteiger partial charge in [-0.05, 0) is 24.3 Å². The molecule has 0 saturated heterocycles. The van der Waals surface area contributed by atoms with Gasteiger partial charge in [0.05, 0.1) is 12.8 Å². The van der Waals surface area contributed by atoms with Gasteiger partial charge in [0, 0.05) is 11.8 Å². The van der Waals surface area contributed by atoms with Crippen molar-refractivity contribution in [3.63, 3.8) is 0 Å². The second-order valence-electron chi connectivity index (χ2n) is 2.82. The molecule has 1 aromatic heterocycles. The van der Waals surface area contributed by atoms with E-state index in [1.54, 1.807) is 18.3 Å². The second-order valence-corrected chi connectivity index (χ2v) is 2.82. The summed E-state index contributed by atoms with van der Waals surface area (Å²) in [7, 11) is 1.44. The van der Waals surface area contributed by atoms with Crippen molar-refractivity contribution >= 4 is 0 Å². The third-order valence-corrected chi connectivity index (χ3v) is 1.96. The molecule has 1 heterocycles. The minimum atomic E-state index is -0.365. The van der Waals surface area contributed by atoms with Crippen molar-refractivity contribution in [2.75, 3.05) is 7.11 Å². The summed E-state index contributed by atoms with van der Waals surface area (Å²) in [6.07, 6.45) is 1.64. The predicted octanol–water partition coefficient (Wildman–Crippen LogP) is 2.22. The lowest BCUT2D eigenvalue weighted by atomic mass is 10.1. The van der Waals surface area contributed by atoms with E-state index < -0.39 is 0 Å². The first-order valence-electron chi connectivity index (χ1n) is 4.14. The summed E-state index contributed by atoms with van der Waals surface area (Å²) >= 11 is 0. The number of nitrogens with one attached hydrogen (secondary N) is 1. The first-order valence-corrected chi connectivity index (χ1v) is 4.14. The monoisotopic (exact) mass is 192 g/mol. The fourth-order valence-corrected chi connectivity index (χ4v) is 1.24. The van der Waals surface area contributed by atoms with Crippen molar-refractivity contribution in [3.05, 3.63) is 36.3 Å². The van der Waals surface area contributed by atoms with E-state index in [9.17, 15) is 4.39 Å². The van der Waals surface area contributed by atoms with Crippen LogP contribution in [0.25, 0.3) is 11.3 Å². The molecule has 0 aliphatic carbocycles. The minimum absolute atomic E-state index is 0.233. The number of hydrogen-bond donors (Lipinski definition) is 1. The molecule has 0 unspecified atom stereocenters. The molecule has 3 nitrogen and oxygen atoms in total. The number of nitrogens with zero attached hydrogens (tertiary/aromatic N) is 1. The zero-order valence-corrected chi connectivity index (χ0v) is 7.62. The maximum Gasteiger partial charge on any atom is 0.165 e. The van der Waals surface area contributed by atoms with Crippen LogP contribution in [0.5, 0.6) is 5.75 Å². The summed E-state index contributed by atoms with van der Waals surface area (Å²) in [5.74, 6) is -0.132. The molecule has 2 aromatic rings. The number of benzene rings is 1. The van der Waals surface area contributed by atoms with E-state index in [1.165, 1.54) is 13.2 Å². The fourth-order valence-electron chi connectivity index (χ4n) is 1.24. The normalized spacial score (nSPS) is 10.1. The van der Waals surface area contributed by atoms with Crippen LogP contribution in [0.2, 0.25) is 0 Å². The van der Waals surface area contributed by atoms with Gasteiger partial charge in [-0.1, -0.05) is 0 Å². The van der Waals surface area contributed by atoms with Crippen LogP contribution in [0.3, 0.4) is 0 Å². The summed E-state index contributed by atoms with van der Waals surface area (Å²) in [6, 6.07) is 6.48. The molecule has 0 bridgehead atoms. The van der Waals surface area contributed by atoms with Crippen molar-refractivity contribution in [1.29, 1.82) is 0 Å². The lowest BCUT2D eigenvalue weighted by molar-refractivity contribution is 0.387. The Morgan fingerprint density at radius 3 is 2.86 bits per heavy atom. The molecule has 0 aliphatic heterocycles. The molecule has 1 aromatic carbocycles. The Labute approximate surface area is 80.5 Å². The second kappa shape index (κ2) is 3.49. The summed E-state index contributed by atoms with van der Waals surface area (Å²) in [5.41, 5.74) is 1.68. The van der Waals surface area contributed by atoms with E-state index in [4.69, 9.17) is 4.74 Å². The van der Waals surface area contributed by atoms with Gasteiger partial charge < -0.3 is 4.74 Å². The SMILES string of the molecule is COc1cc(-c2ccn[nH]2)ccc1F. The van der Waals surface area contributed by atoms with Crippen molar-refractivity contribution in [3.8, 4) is 17.0 Å². The molecule has 0 radical (unpaired) electrons. The van der Waals surface area contributed by atoms with Crippen LogP contribution in [-0.4, -0.2) is 17.3 Å². The van der Waals surface area contributed by atoms with Crippen molar-refractivity contribution < 1.29 is 9.13 Å². The first-order chi connectivity index (χ1) is 6.81. The van der Waals surface area contributed by atoms with E-state index in [0.29, 0.717) is 0 Å². The molecule has 2 rings (SSSR count). The zero-order chi connectivity index (χ0) is 9.97. The highest BCUT2D eigenvalue weighted by molar-refractivity contribution is 5.60. The number of rotatable bonds is 2. The Morgan fingerprint density at radius 2 is 2.21 bits per heavy atom. The number of ether oxygens (including phenoxy) is 1. The van der Waals surface area contributed by atoms with Crippen LogP contribution in [-0.2, 0) is 0 Å². The highest BCUT2D eigenvalue weighted by Crippen LogP contribution is 2.24. The minimum Gasteiger partial charge on any atom is -0.494 e. The fraction of sp³-hybridized carbons (Fsp3) is 0.100. The number of hydrogen-bond acceptors (Lipinski definition) is 2. The Morgan fingerprint density at radius 1 is 1.36 bits per heavy atom.